The van der Waals surface area contributed by atoms with Crippen molar-refractivity contribution in [3.63, 3.8) is 0 Å². The molecule has 0 saturated carbocycles. The first-order valence-corrected chi connectivity index (χ1v) is 10.9. The van der Waals surface area contributed by atoms with Crippen LogP contribution >= 0.6 is 0 Å². The first-order valence-electron chi connectivity index (χ1n) is 11.9. The first kappa shape index (κ1) is 20.8. The van der Waals surface area contributed by atoms with Crippen LogP contribution in [0.25, 0.3) is 0 Å². The minimum Gasteiger partial charge on any atom is -0.367 e. The van der Waals surface area contributed by atoms with Crippen molar-refractivity contribution in [3.05, 3.63) is 95.6 Å². The highest BCUT2D eigenvalue weighted by molar-refractivity contribution is 6.02. The summed E-state index contributed by atoms with van der Waals surface area (Å²) in [6.45, 7) is 2.69. The average Bonchev–Trinajstić information content (AvgIpc) is 2.88. The summed E-state index contributed by atoms with van der Waals surface area (Å²) >= 11 is 0. The Kier molecular flexibility index (Phi) is 6.66. The van der Waals surface area contributed by atoms with Gasteiger partial charge in [0.1, 0.15) is 17.7 Å². The molecule has 4 rings (SSSR count). The minimum atomic E-state index is -2.38. The van der Waals surface area contributed by atoms with Crippen molar-refractivity contribution in [2.24, 2.45) is 0 Å². The highest BCUT2D eigenvalue weighted by atomic mass is 19.1. The van der Waals surface area contributed by atoms with E-state index in [4.69, 9.17) is 2.74 Å². The average molecular weight is 467 g/mol. The Morgan fingerprint density at radius 3 is 2.44 bits per heavy atom. The third kappa shape index (κ3) is 5.77. The molecule has 8 heteroatoms. The van der Waals surface area contributed by atoms with E-state index in [1.54, 1.807) is 24.3 Å². The van der Waals surface area contributed by atoms with Gasteiger partial charge in [-0.15, -0.1) is 0 Å². The molecule has 1 aliphatic rings. The van der Waals surface area contributed by atoms with Gasteiger partial charge in [0.05, 0.1) is 16.9 Å². The quantitative estimate of drug-likeness (QED) is 0.499. The predicted octanol–water partition coefficient (Wildman–Crippen LogP) is 3.35. The lowest BCUT2D eigenvalue weighted by Gasteiger charge is -2.31. The summed E-state index contributed by atoms with van der Waals surface area (Å²) in [5.41, 5.74) is 0.536. The number of halogens is 2. The zero-order chi connectivity index (χ0) is 25.7. The maximum Gasteiger partial charge on any atom is 0.254 e. The molecular formula is C26H26F2N4O2. The molecule has 3 aromatic rings. The molecule has 1 aliphatic heterocycles. The third-order valence-corrected chi connectivity index (χ3v) is 5.42. The molecule has 1 unspecified atom stereocenters. The van der Waals surface area contributed by atoms with Gasteiger partial charge in [0.2, 0.25) is 5.91 Å². The summed E-state index contributed by atoms with van der Waals surface area (Å²) < 4.78 is 45.9. The van der Waals surface area contributed by atoms with Crippen molar-refractivity contribution in [2.45, 2.75) is 12.4 Å². The van der Waals surface area contributed by atoms with E-state index in [1.807, 2.05) is 4.90 Å². The smallest absolute Gasteiger partial charge is 0.254 e. The normalized spacial score (nSPS) is 15.6. The Labute approximate surface area is 199 Å². The van der Waals surface area contributed by atoms with Gasteiger partial charge in [-0.2, -0.15) is 0 Å². The molecule has 3 aromatic carbocycles. The van der Waals surface area contributed by atoms with Crippen LogP contribution in [0.4, 0.5) is 20.2 Å². The topological polar surface area (TPSA) is 73.5 Å². The number of amides is 2. The largest absolute Gasteiger partial charge is 0.367 e. The van der Waals surface area contributed by atoms with Crippen molar-refractivity contribution >= 4 is 23.2 Å². The van der Waals surface area contributed by atoms with Gasteiger partial charge in [0.15, 0.2) is 0 Å². The van der Waals surface area contributed by atoms with Gasteiger partial charge in [-0.05, 0) is 35.9 Å². The maximum absolute atomic E-state index is 14.3. The van der Waals surface area contributed by atoms with Crippen molar-refractivity contribution in [1.82, 2.24) is 10.6 Å². The van der Waals surface area contributed by atoms with Gasteiger partial charge in [0, 0.05) is 35.3 Å². The van der Waals surface area contributed by atoms with Crippen LogP contribution in [0.1, 0.15) is 18.7 Å². The van der Waals surface area contributed by atoms with Crippen molar-refractivity contribution in [3.8, 4) is 0 Å². The van der Waals surface area contributed by atoms with Gasteiger partial charge < -0.3 is 20.9 Å². The van der Waals surface area contributed by atoms with Crippen LogP contribution in [0, 0.1) is 11.6 Å². The molecule has 1 heterocycles. The Balaban J connectivity index is 1.68. The number of rotatable bonds is 7. The SMILES string of the molecule is [2H]C([2H])(c1ccccc1)C(NC(=O)c1ccccc1F)C(=O)Nc1cc(F)ccc1N1CCNCC1. The molecule has 0 bridgehead atoms. The zero-order valence-electron chi connectivity index (χ0n) is 20.4. The van der Waals surface area contributed by atoms with Gasteiger partial charge in [-0.3, -0.25) is 9.59 Å². The van der Waals surface area contributed by atoms with Crippen molar-refractivity contribution in [2.75, 3.05) is 36.4 Å². The molecule has 34 heavy (non-hydrogen) atoms. The van der Waals surface area contributed by atoms with Crippen LogP contribution in [0.5, 0.6) is 0 Å². The number of anilines is 2. The number of hydrogen-bond donors (Lipinski definition) is 3. The predicted molar refractivity (Wildman–Crippen MR) is 128 cm³/mol. The Morgan fingerprint density at radius 2 is 1.71 bits per heavy atom. The second-order valence-corrected chi connectivity index (χ2v) is 7.78. The van der Waals surface area contributed by atoms with Crippen molar-refractivity contribution < 1.29 is 21.1 Å². The molecule has 0 radical (unpaired) electrons. The fourth-order valence-electron chi connectivity index (χ4n) is 3.72. The second kappa shape index (κ2) is 10.9. The number of nitrogens with zero attached hydrogens (tertiary/aromatic N) is 1. The van der Waals surface area contributed by atoms with Gasteiger partial charge in [-0.25, -0.2) is 8.78 Å². The molecule has 1 saturated heterocycles. The van der Waals surface area contributed by atoms with Gasteiger partial charge in [0.25, 0.3) is 5.91 Å². The van der Waals surface area contributed by atoms with E-state index in [9.17, 15) is 18.4 Å². The van der Waals surface area contributed by atoms with E-state index in [0.717, 1.165) is 12.1 Å². The van der Waals surface area contributed by atoms with E-state index in [2.05, 4.69) is 16.0 Å². The molecule has 176 valence electrons. The third-order valence-electron chi connectivity index (χ3n) is 5.42. The van der Waals surface area contributed by atoms with E-state index in [0.29, 0.717) is 31.9 Å². The van der Waals surface area contributed by atoms with Crippen LogP contribution in [-0.2, 0) is 11.2 Å². The Bertz CT molecular complexity index is 1240. The zero-order valence-corrected chi connectivity index (χ0v) is 18.4. The van der Waals surface area contributed by atoms with E-state index in [-0.39, 0.29) is 16.8 Å². The second-order valence-electron chi connectivity index (χ2n) is 7.78. The molecule has 2 amide bonds. The Hall–Kier alpha value is -3.78. The number of carbonyl (C=O) groups excluding carboxylic acids is 2. The summed E-state index contributed by atoms with van der Waals surface area (Å²) in [5.74, 6) is -3.24. The number of carbonyl (C=O) groups is 2. The summed E-state index contributed by atoms with van der Waals surface area (Å²) in [5, 5.41) is 8.19. The standard InChI is InChI=1S/C26H26F2N4O2/c27-19-10-11-24(32-14-12-29-13-15-32)22(17-19)30-26(34)23(16-18-6-2-1-3-7-18)31-25(33)20-8-4-5-9-21(20)28/h1-11,17,23,29H,12-16H2,(H,30,34)(H,31,33)/i16D2. The fourth-order valence-corrected chi connectivity index (χ4v) is 3.72. The van der Waals surface area contributed by atoms with Crippen LogP contribution in [0.2, 0.25) is 0 Å². The number of hydrogen-bond acceptors (Lipinski definition) is 4. The number of piperazine rings is 1. The van der Waals surface area contributed by atoms with Crippen LogP contribution in [0.3, 0.4) is 0 Å². The summed E-state index contributed by atoms with van der Waals surface area (Å²) in [6.07, 6.45) is -2.38. The van der Waals surface area contributed by atoms with E-state index >= 15 is 0 Å². The lowest BCUT2D eigenvalue weighted by Crippen LogP contribution is -2.46. The lowest BCUT2D eigenvalue weighted by atomic mass is 10.0. The van der Waals surface area contributed by atoms with Crippen molar-refractivity contribution in [1.29, 1.82) is 0 Å². The molecule has 1 fully saturated rings. The highest BCUT2D eigenvalue weighted by Crippen LogP contribution is 2.27. The van der Waals surface area contributed by atoms with E-state index in [1.165, 1.54) is 36.4 Å². The van der Waals surface area contributed by atoms with Crippen LogP contribution in [-0.4, -0.2) is 44.0 Å². The first-order chi connectivity index (χ1) is 17.3. The highest BCUT2D eigenvalue weighted by Gasteiger charge is 2.25. The fraction of sp³-hybridized carbons (Fsp3) is 0.231. The molecule has 3 N–H and O–H groups in total. The molecule has 0 aromatic heterocycles. The molecular weight excluding hydrogens is 438 g/mol. The molecule has 1 atom stereocenters. The lowest BCUT2D eigenvalue weighted by molar-refractivity contribution is -0.118. The van der Waals surface area contributed by atoms with Crippen LogP contribution in [0.15, 0.2) is 72.8 Å². The summed E-state index contributed by atoms with van der Waals surface area (Å²) in [4.78, 5) is 28.4. The molecule has 6 nitrogen and oxygen atoms in total. The minimum absolute atomic E-state index is 0.139. The maximum atomic E-state index is 14.3. The number of benzene rings is 3. The van der Waals surface area contributed by atoms with Crippen LogP contribution < -0.4 is 20.9 Å². The van der Waals surface area contributed by atoms with E-state index < -0.39 is 35.9 Å². The Morgan fingerprint density at radius 1 is 1.00 bits per heavy atom. The molecule has 0 spiro atoms. The molecule has 0 aliphatic carbocycles. The van der Waals surface area contributed by atoms with Gasteiger partial charge in [-0.1, -0.05) is 42.5 Å². The number of nitrogens with one attached hydrogen (secondary N) is 3. The monoisotopic (exact) mass is 466 g/mol. The summed E-state index contributed by atoms with van der Waals surface area (Å²) in [6, 6.07) is 15.3. The summed E-state index contributed by atoms with van der Waals surface area (Å²) in [7, 11) is 0. The van der Waals surface area contributed by atoms with Gasteiger partial charge >= 0.3 is 0 Å².